The second kappa shape index (κ2) is 7.21. The molecule has 0 saturated carbocycles. The number of ether oxygens (including phenoxy) is 1. The van der Waals surface area contributed by atoms with E-state index in [0.717, 1.165) is 5.56 Å². The van der Waals surface area contributed by atoms with E-state index in [4.69, 9.17) is 4.74 Å². The van der Waals surface area contributed by atoms with E-state index in [0.29, 0.717) is 16.6 Å². The highest BCUT2D eigenvalue weighted by Gasteiger charge is 2.30. The van der Waals surface area contributed by atoms with Crippen LogP contribution < -0.4 is 10.1 Å². The van der Waals surface area contributed by atoms with Crippen LogP contribution in [0.15, 0.2) is 58.0 Å². The van der Waals surface area contributed by atoms with Crippen LogP contribution in [0.5, 0.6) is 5.75 Å². The zero-order valence-electron chi connectivity index (χ0n) is 14.8. The number of aromatic nitrogens is 1. The number of nitrogens with one attached hydrogen (secondary N) is 1. The molecule has 8 nitrogen and oxygen atoms in total. The van der Waals surface area contributed by atoms with Crippen LogP contribution in [0.4, 0.5) is 5.13 Å². The van der Waals surface area contributed by atoms with Crippen LogP contribution in [-0.2, 0) is 14.8 Å². The molecule has 0 atom stereocenters. The number of hydrogen-bond donors (Lipinski definition) is 1. The molecule has 10 heteroatoms. The number of carbonyl (C=O) groups is 1. The number of rotatable bonds is 4. The summed E-state index contributed by atoms with van der Waals surface area (Å²) in [7, 11) is -1.98. The maximum absolute atomic E-state index is 12.7. The van der Waals surface area contributed by atoms with E-state index in [1.807, 2.05) is 29.6 Å². The minimum absolute atomic E-state index is 0.0789. The first kappa shape index (κ1) is 18.4. The van der Waals surface area contributed by atoms with Gasteiger partial charge in [-0.05, 0) is 24.3 Å². The van der Waals surface area contributed by atoms with E-state index in [9.17, 15) is 13.2 Å². The Balaban J connectivity index is 1.58. The van der Waals surface area contributed by atoms with Gasteiger partial charge in [0, 0.05) is 23.7 Å². The third-order valence-electron chi connectivity index (χ3n) is 4.21. The van der Waals surface area contributed by atoms with Gasteiger partial charge in [-0.15, -0.1) is 15.7 Å². The molecular formula is C18H16N4O4S2. The van der Waals surface area contributed by atoms with Crippen molar-refractivity contribution >= 4 is 38.2 Å². The average Bonchev–Trinajstić information content (AvgIpc) is 3.15. The van der Waals surface area contributed by atoms with Crippen molar-refractivity contribution in [1.29, 1.82) is 0 Å². The molecule has 4 rings (SSSR count). The molecule has 0 spiro atoms. The number of methoxy groups -OCH3 is 1. The second-order valence-electron chi connectivity index (χ2n) is 6.01. The Morgan fingerprint density at radius 1 is 1.32 bits per heavy atom. The summed E-state index contributed by atoms with van der Waals surface area (Å²) in [6.45, 7) is 0.261. The lowest BCUT2D eigenvalue weighted by atomic mass is 10.1. The fourth-order valence-corrected chi connectivity index (χ4v) is 4.56. The number of carbonyl (C=O) groups excluding carboxylic acids is 1. The number of benzene rings is 1. The van der Waals surface area contributed by atoms with Gasteiger partial charge in [-0.1, -0.05) is 12.1 Å². The van der Waals surface area contributed by atoms with Crippen LogP contribution in [0.3, 0.4) is 0 Å². The number of nitrogens with zero attached hydrogens (tertiary/aromatic N) is 3. The molecule has 144 valence electrons. The molecule has 0 saturated heterocycles. The SMILES string of the molecule is COc1ccccc1-c1csc(NC(=O)C2=CC=CN3CCS(=O)(=O)N=C23)n1. The maximum atomic E-state index is 12.7. The Morgan fingerprint density at radius 2 is 2.14 bits per heavy atom. The van der Waals surface area contributed by atoms with E-state index in [1.54, 1.807) is 30.4 Å². The molecule has 28 heavy (non-hydrogen) atoms. The van der Waals surface area contributed by atoms with Crippen molar-refractivity contribution in [2.24, 2.45) is 4.40 Å². The molecule has 1 amide bonds. The smallest absolute Gasteiger partial charge is 0.261 e. The summed E-state index contributed by atoms with van der Waals surface area (Å²) >= 11 is 1.27. The van der Waals surface area contributed by atoms with Gasteiger partial charge < -0.3 is 9.64 Å². The third-order valence-corrected chi connectivity index (χ3v) is 6.12. The number of thiazole rings is 1. The predicted molar refractivity (Wildman–Crippen MR) is 108 cm³/mol. The summed E-state index contributed by atoms with van der Waals surface area (Å²) in [6, 6.07) is 7.46. The monoisotopic (exact) mass is 416 g/mol. The predicted octanol–water partition coefficient (Wildman–Crippen LogP) is 2.25. The molecule has 0 unspecified atom stereocenters. The zero-order valence-corrected chi connectivity index (χ0v) is 16.5. The van der Waals surface area contributed by atoms with Gasteiger partial charge in [0.05, 0.1) is 24.1 Å². The van der Waals surface area contributed by atoms with E-state index in [1.165, 1.54) is 11.3 Å². The van der Waals surface area contributed by atoms with Crippen molar-refractivity contribution in [3.8, 4) is 17.0 Å². The van der Waals surface area contributed by atoms with Crippen LogP contribution in [-0.4, -0.2) is 49.5 Å². The van der Waals surface area contributed by atoms with Gasteiger partial charge in [0.1, 0.15) is 5.75 Å². The van der Waals surface area contributed by atoms with Gasteiger partial charge in [-0.25, -0.2) is 13.4 Å². The Kier molecular flexibility index (Phi) is 4.73. The van der Waals surface area contributed by atoms with Gasteiger partial charge in [0.2, 0.25) is 0 Å². The lowest BCUT2D eigenvalue weighted by molar-refractivity contribution is -0.112. The number of amides is 1. The average molecular weight is 416 g/mol. The summed E-state index contributed by atoms with van der Waals surface area (Å²) in [5, 5.41) is 4.94. The first-order chi connectivity index (χ1) is 13.5. The summed E-state index contributed by atoms with van der Waals surface area (Å²) in [5.41, 5.74) is 1.67. The van der Waals surface area contributed by atoms with Crippen molar-refractivity contribution in [2.45, 2.75) is 0 Å². The largest absolute Gasteiger partial charge is 0.496 e. The van der Waals surface area contributed by atoms with Crippen molar-refractivity contribution in [3.05, 3.63) is 53.6 Å². The molecule has 0 bridgehead atoms. The van der Waals surface area contributed by atoms with Crippen LogP contribution in [0.25, 0.3) is 11.3 Å². The first-order valence-corrected chi connectivity index (χ1v) is 10.8. The molecule has 2 aliphatic rings. The molecule has 0 radical (unpaired) electrons. The van der Waals surface area contributed by atoms with E-state index >= 15 is 0 Å². The summed E-state index contributed by atoms with van der Waals surface area (Å²) < 4.78 is 32.8. The van der Waals surface area contributed by atoms with Crippen LogP contribution in [0.2, 0.25) is 0 Å². The molecule has 2 aromatic rings. The summed E-state index contributed by atoms with van der Waals surface area (Å²) in [5.74, 6) is 0.270. The molecule has 1 N–H and O–H groups in total. The van der Waals surface area contributed by atoms with Crippen molar-refractivity contribution in [2.75, 3.05) is 24.7 Å². The van der Waals surface area contributed by atoms with E-state index < -0.39 is 15.9 Å². The number of allylic oxidation sites excluding steroid dienone is 2. The standard InChI is InChI=1S/C18H16N4O4S2/c1-26-15-7-3-2-5-12(15)14-11-27-18(19-14)20-17(23)13-6-4-8-22-9-10-28(24,25)21-16(13)22/h2-8,11H,9-10H2,1H3,(H,19,20,23). The zero-order chi connectivity index (χ0) is 19.7. The summed E-state index contributed by atoms with van der Waals surface area (Å²) in [4.78, 5) is 18.8. The van der Waals surface area contributed by atoms with Gasteiger partial charge in [-0.3, -0.25) is 10.1 Å². The highest BCUT2D eigenvalue weighted by Crippen LogP contribution is 2.32. The topological polar surface area (TPSA) is 101 Å². The highest BCUT2D eigenvalue weighted by molar-refractivity contribution is 7.90. The Morgan fingerprint density at radius 3 is 2.96 bits per heavy atom. The number of anilines is 1. The van der Waals surface area contributed by atoms with Crippen LogP contribution >= 0.6 is 11.3 Å². The summed E-state index contributed by atoms with van der Waals surface area (Å²) in [6.07, 6.45) is 4.93. The maximum Gasteiger partial charge on any atom is 0.261 e. The quantitative estimate of drug-likeness (QED) is 0.820. The van der Waals surface area contributed by atoms with Crippen molar-refractivity contribution < 1.29 is 17.9 Å². The number of sulfonamides is 1. The van der Waals surface area contributed by atoms with Crippen molar-refractivity contribution in [3.63, 3.8) is 0 Å². The molecule has 0 fully saturated rings. The molecule has 0 aliphatic carbocycles. The minimum atomic E-state index is -3.57. The van der Waals surface area contributed by atoms with Gasteiger partial charge in [0.15, 0.2) is 11.0 Å². The number of fused-ring (bicyclic) bond motifs is 1. The molecule has 2 aliphatic heterocycles. The fraction of sp³-hybridized carbons (Fsp3) is 0.167. The van der Waals surface area contributed by atoms with E-state index in [2.05, 4.69) is 14.7 Å². The Labute approximate surface area is 165 Å². The Bertz CT molecular complexity index is 1130. The second-order valence-corrected chi connectivity index (χ2v) is 8.62. The normalized spacial score (nSPS) is 17.4. The number of hydrogen-bond acceptors (Lipinski definition) is 7. The highest BCUT2D eigenvalue weighted by atomic mass is 32.2. The first-order valence-electron chi connectivity index (χ1n) is 8.35. The Hall–Kier alpha value is -2.98. The van der Waals surface area contributed by atoms with Gasteiger partial charge >= 0.3 is 0 Å². The lowest BCUT2D eigenvalue weighted by Crippen LogP contribution is -2.40. The fourth-order valence-electron chi connectivity index (χ4n) is 2.87. The van der Waals surface area contributed by atoms with Crippen LogP contribution in [0, 0.1) is 0 Å². The molecule has 3 heterocycles. The van der Waals surface area contributed by atoms with Crippen molar-refractivity contribution in [1.82, 2.24) is 9.88 Å². The van der Waals surface area contributed by atoms with Crippen LogP contribution in [0.1, 0.15) is 0 Å². The molecule has 1 aromatic heterocycles. The van der Waals surface area contributed by atoms with Gasteiger partial charge in [0.25, 0.3) is 15.9 Å². The van der Waals surface area contributed by atoms with Gasteiger partial charge in [-0.2, -0.15) is 0 Å². The number of para-hydroxylation sites is 1. The third kappa shape index (κ3) is 3.56. The van der Waals surface area contributed by atoms with E-state index in [-0.39, 0.29) is 23.7 Å². The lowest BCUT2D eigenvalue weighted by Gasteiger charge is -2.28. The molecular weight excluding hydrogens is 400 g/mol. The number of amidine groups is 1. The minimum Gasteiger partial charge on any atom is -0.496 e. The molecule has 1 aromatic carbocycles.